The zero-order valence-electron chi connectivity index (χ0n) is 11.4. The number of aromatic nitrogens is 2. The van der Waals surface area contributed by atoms with Crippen LogP contribution in [-0.2, 0) is 24.0 Å². The van der Waals surface area contributed by atoms with Gasteiger partial charge in [0.25, 0.3) is 0 Å². The first-order chi connectivity index (χ1) is 8.83. The van der Waals surface area contributed by atoms with Gasteiger partial charge in [-0.2, -0.15) is 0 Å². The molecule has 0 bridgehead atoms. The maximum atomic E-state index is 9.61. The zero-order valence-corrected chi connectivity index (χ0v) is 15.9. The molecule has 7 heteroatoms. The minimum atomic E-state index is 0. The Hall–Kier alpha value is -0.439. The molecule has 2 N–H and O–H groups in total. The van der Waals surface area contributed by atoms with Crippen molar-refractivity contribution in [3.05, 3.63) is 54.1 Å². The molecule has 101 valence electrons. The maximum Gasteiger partial charge on any atom is 1.00 e. The van der Waals surface area contributed by atoms with Gasteiger partial charge < -0.3 is 15.6 Å². The minimum absolute atomic E-state index is 0. The quantitative estimate of drug-likeness (QED) is 0.503. The van der Waals surface area contributed by atoms with E-state index in [1.807, 2.05) is 30.3 Å². The number of H-pyrrole nitrogens is 1. The van der Waals surface area contributed by atoms with E-state index in [0.717, 1.165) is 11.0 Å². The Labute approximate surface area is 176 Å². The van der Waals surface area contributed by atoms with E-state index < -0.39 is 0 Å². The molecular formula is C14H11KN3O2V-. The molecule has 5 nitrogen and oxygen atoms in total. The standard InChI is InChI=1S/C14H11N3O.K.O.V/c18-13-8-4-1-5-10(13)9-15-14-16-11-6-2-3-7-12(11)17-14;;;/h1-9,18H,(H,16,17);;;/q;+1;-2;/b15-9+;;;. The average Bonchev–Trinajstić information content (AvgIpc) is 2.80. The van der Waals surface area contributed by atoms with Crippen molar-refractivity contribution in [2.45, 2.75) is 0 Å². The van der Waals surface area contributed by atoms with Crippen LogP contribution in [0.2, 0.25) is 0 Å². The first-order valence-corrected chi connectivity index (χ1v) is 5.60. The fourth-order valence-electron chi connectivity index (χ4n) is 1.73. The van der Waals surface area contributed by atoms with E-state index in [0.29, 0.717) is 11.5 Å². The summed E-state index contributed by atoms with van der Waals surface area (Å²) in [4.78, 5) is 11.6. The zero-order chi connectivity index (χ0) is 12.4. The van der Waals surface area contributed by atoms with Crippen LogP contribution < -0.4 is 51.4 Å². The van der Waals surface area contributed by atoms with Crippen molar-refractivity contribution in [3.8, 4) is 5.75 Å². The number of para-hydroxylation sites is 3. The first-order valence-electron chi connectivity index (χ1n) is 5.60. The van der Waals surface area contributed by atoms with E-state index in [1.54, 1.807) is 24.4 Å². The molecule has 0 aliphatic carbocycles. The summed E-state index contributed by atoms with van der Waals surface area (Å²) in [6, 6.07) is 14.8. The van der Waals surface area contributed by atoms with Gasteiger partial charge in [0.15, 0.2) is 0 Å². The number of aromatic hydroxyl groups is 1. The van der Waals surface area contributed by atoms with Crippen LogP contribution in [-0.4, -0.2) is 21.3 Å². The SMILES string of the molecule is Oc1ccccc1/C=N/c1nc2ccccc2[nH]1.[K+].[O-2].[V]. The van der Waals surface area contributed by atoms with Gasteiger partial charge in [0, 0.05) is 30.3 Å². The second-order valence-electron chi connectivity index (χ2n) is 3.89. The Morgan fingerprint density at radius 1 is 1.05 bits per heavy atom. The summed E-state index contributed by atoms with van der Waals surface area (Å²) >= 11 is 0. The van der Waals surface area contributed by atoms with Crippen molar-refractivity contribution in [1.82, 2.24) is 9.97 Å². The molecule has 1 radical (unpaired) electrons. The van der Waals surface area contributed by atoms with Gasteiger partial charge in [-0.3, -0.25) is 0 Å². The summed E-state index contributed by atoms with van der Waals surface area (Å²) in [5.74, 6) is 0.733. The molecular weight excluding hydrogens is 332 g/mol. The predicted octanol–water partition coefficient (Wildman–Crippen LogP) is -0.0982. The van der Waals surface area contributed by atoms with Crippen LogP contribution in [0.1, 0.15) is 5.56 Å². The minimum Gasteiger partial charge on any atom is -2.00 e. The number of nitrogens with one attached hydrogen (secondary N) is 1. The molecule has 1 aromatic heterocycles. The third kappa shape index (κ3) is 5.05. The van der Waals surface area contributed by atoms with Gasteiger partial charge in [0.2, 0.25) is 5.95 Å². The van der Waals surface area contributed by atoms with Crippen molar-refractivity contribution in [1.29, 1.82) is 0 Å². The van der Waals surface area contributed by atoms with Crippen LogP contribution in [0, 0.1) is 0 Å². The molecule has 21 heavy (non-hydrogen) atoms. The number of hydrogen-bond acceptors (Lipinski definition) is 3. The van der Waals surface area contributed by atoms with Gasteiger partial charge in [0.1, 0.15) is 5.75 Å². The van der Waals surface area contributed by atoms with Crippen LogP contribution in [0.3, 0.4) is 0 Å². The summed E-state index contributed by atoms with van der Waals surface area (Å²) in [6.45, 7) is 0. The molecule has 0 aliphatic heterocycles. The van der Waals surface area contributed by atoms with E-state index in [4.69, 9.17) is 0 Å². The molecule has 0 saturated heterocycles. The Bertz CT molecular complexity index is 698. The van der Waals surface area contributed by atoms with E-state index >= 15 is 0 Å². The molecule has 3 rings (SSSR count). The molecule has 3 aromatic rings. The predicted molar refractivity (Wildman–Crippen MR) is 72.1 cm³/mol. The third-order valence-corrected chi connectivity index (χ3v) is 2.64. The largest absolute Gasteiger partial charge is 2.00 e. The fourth-order valence-corrected chi connectivity index (χ4v) is 1.73. The fraction of sp³-hybridized carbons (Fsp3) is 0. The smallest absolute Gasteiger partial charge is 1.00 e. The van der Waals surface area contributed by atoms with Crippen LogP contribution >= 0.6 is 0 Å². The normalized spacial score (nSPS) is 9.71. The van der Waals surface area contributed by atoms with Gasteiger partial charge in [0.05, 0.1) is 11.0 Å². The number of benzene rings is 2. The van der Waals surface area contributed by atoms with Crippen LogP contribution in [0.15, 0.2) is 53.5 Å². The monoisotopic (exact) mass is 343 g/mol. The second kappa shape index (κ2) is 9.55. The van der Waals surface area contributed by atoms with E-state index in [9.17, 15) is 5.11 Å². The number of phenolic OH excluding ortho intramolecular Hbond substituents is 1. The first kappa shape index (κ1) is 20.6. The number of imidazole rings is 1. The van der Waals surface area contributed by atoms with Crippen molar-refractivity contribution >= 4 is 23.2 Å². The van der Waals surface area contributed by atoms with Crippen molar-refractivity contribution in [2.75, 3.05) is 0 Å². The number of aromatic amines is 1. The molecule has 0 fully saturated rings. The van der Waals surface area contributed by atoms with Crippen LogP contribution in [0.5, 0.6) is 5.75 Å². The average molecular weight is 343 g/mol. The number of fused-ring (bicyclic) bond motifs is 1. The Morgan fingerprint density at radius 2 is 1.71 bits per heavy atom. The maximum absolute atomic E-state index is 9.61. The Morgan fingerprint density at radius 3 is 2.43 bits per heavy atom. The second-order valence-corrected chi connectivity index (χ2v) is 3.89. The summed E-state index contributed by atoms with van der Waals surface area (Å²) in [6.07, 6.45) is 1.59. The molecule has 0 unspecified atom stereocenters. The Kier molecular flexibility index (Phi) is 9.35. The number of nitrogens with zero attached hydrogens (tertiary/aromatic N) is 2. The Balaban J connectivity index is 0.00000133. The number of phenols is 1. The molecule has 0 saturated carbocycles. The van der Waals surface area contributed by atoms with Crippen LogP contribution in [0.4, 0.5) is 5.95 Å². The van der Waals surface area contributed by atoms with E-state index in [-0.39, 0.29) is 81.2 Å². The van der Waals surface area contributed by atoms with Gasteiger partial charge in [-0.05, 0) is 24.3 Å². The van der Waals surface area contributed by atoms with Crippen molar-refractivity contribution < 1.29 is 80.5 Å². The van der Waals surface area contributed by atoms with E-state index in [2.05, 4.69) is 15.0 Å². The van der Waals surface area contributed by atoms with Gasteiger partial charge in [-0.25, -0.2) is 9.98 Å². The number of hydrogen-bond donors (Lipinski definition) is 2. The van der Waals surface area contributed by atoms with Gasteiger partial charge >= 0.3 is 51.4 Å². The van der Waals surface area contributed by atoms with Gasteiger partial charge in [-0.1, -0.05) is 24.3 Å². The summed E-state index contributed by atoms with van der Waals surface area (Å²) in [5, 5.41) is 9.61. The molecule has 1 heterocycles. The van der Waals surface area contributed by atoms with Gasteiger partial charge in [-0.15, -0.1) is 0 Å². The molecule has 2 aromatic carbocycles. The molecule has 0 aliphatic rings. The number of rotatable bonds is 2. The number of aliphatic imine (C=N–C) groups is 1. The summed E-state index contributed by atoms with van der Waals surface area (Å²) in [5.41, 5.74) is 2.49. The van der Waals surface area contributed by atoms with Crippen molar-refractivity contribution in [2.24, 2.45) is 4.99 Å². The third-order valence-electron chi connectivity index (χ3n) is 2.64. The summed E-state index contributed by atoms with van der Waals surface area (Å²) < 4.78 is 0. The molecule has 0 spiro atoms. The molecule has 0 atom stereocenters. The molecule has 0 amide bonds. The topological polar surface area (TPSA) is 89.8 Å². The summed E-state index contributed by atoms with van der Waals surface area (Å²) in [7, 11) is 0. The van der Waals surface area contributed by atoms with E-state index in [1.165, 1.54) is 0 Å². The van der Waals surface area contributed by atoms with Crippen molar-refractivity contribution in [3.63, 3.8) is 0 Å². The van der Waals surface area contributed by atoms with Crippen LogP contribution in [0.25, 0.3) is 11.0 Å².